The van der Waals surface area contributed by atoms with Gasteiger partial charge in [0, 0.05) is 12.4 Å². The highest BCUT2D eigenvalue weighted by molar-refractivity contribution is 9.10. The van der Waals surface area contributed by atoms with E-state index in [1.165, 1.54) is 0 Å². The Morgan fingerprint density at radius 3 is 3.06 bits per heavy atom. The van der Waals surface area contributed by atoms with E-state index in [4.69, 9.17) is 4.42 Å². The monoisotopic (exact) mass is 277 g/mol. The van der Waals surface area contributed by atoms with E-state index in [-0.39, 0.29) is 0 Å². The summed E-state index contributed by atoms with van der Waals surface area (Å²) in [5.41, 5.74) is 1.84. The summed E-state index contributed by atoms with van der Waals surface area (Å²) in [6.45, 7) is 1.99. The molecule has 0 unspecified atom stereocenters. The van der Waals surface area contributed by atoms with Gasteiger partial charge in [0.15, 0.2) is 5.76 Å². The lowest BCUT2D eigenvalue weighted by atomic mass is 10.3. The van der Waals surface area contributed by atoms with E-state index in [0.717, 1.165) is 21.6 Å². The van der Waals surface area contributed by atoms with Crippen molar-refractivity contribution < 1.29 is 4.42 Å². The Hall–Kier alpha value is -1.62. The van der Waals surface area contributed by atoms with Crippen molar-refractivity contribution >= 4 is 21.7 Å². The lowest BCUT2D eigenvalue weighted by molar-refractivity contribution is 0.580. The minimum absolute atomic E-state index is 0.673. The first-order valence-corrected chi connectivity index (χ1v) is 5.59. The Balaban J connectivity index is 2.32. The number of imidazole rings is 1. The summed E-state index contributed by atoms with van der Waals surface area (Å²) < 4.78 is 8.20. The maximum Gasteiger partial charge on any atom is 0.234 e. The molecule has 3 aromatic heterocycles. The first-order valence-electron chi connectivity index (χ1n) is 4.80. The SMILES string of the molecule is Cc1c(-c2ccco2)nc2ncc(Br)cn12. The van der Waals surface area contributed by atoms with Crippen molar-refractivity contribution in [2.24, 2.45) is 0 Å². The van der Waals surface area contributed by atoms with Crippen LogP contribution in [0.4, 0.5) is 0 Å². The van der Waals surface area contributed by atoms with E-state index in [0.29, 0.717) is 5.78 Å². The van der Waals surface area contributed by atoms with Gasteiger partial charge < -0.3 is 4.42 Å². The molecule has 3 rings (SSSR count). The molecule has 0 radical (unpaired) electrons. The molecule has 0 aliphatic heterocycles. The number of hydrogen-bond donors (Lipinski definition) is 0. The van der Waals surface area contributed by atoms with Crippen LogP contribution in [0.2, 0.25) is 0 Å². The molecule has 3 aromatic rings. The van der Waals surface area contributed by atoms with Crippen LogP contribution in [0.1, 0.15) is 5.69 Å². The number of nitrogens with zero attached hydrogens (tertiary/aromatic N) is 3. The van der Waals surface area contributed by atoms with E-state index in [1.807, 2.05) is 29.7 Å². The molecule has 0 bridgehead atoms. The molecular weight excluding hydrogens is 270 g/mol. The molecule has 0 aliphatic rings. The molecule has 0 spiro atoms. The van der Waals surface area contributed by atoms with Crippen LogP contribution >= 0.6 is 15.9 Å². The fourth-order valence-corrected chi connectivity index (χ4v) is 1.97. The third-order valence-electron chi connectivity index (χ3n) is 2.44. The zero-order chi connectivity index (χ0) is 11.1. The molecule has 0 N–H and O–H groups in total. The van der Waals surface area contributed by atoms with Crippen molar-refractivity contribution in [1.29, 1.82) is 0 Å². The number of furan rings is 1. The number of hydrogen-bond acceptors (Lipinski definition) is 3. The average Bonchev–Trinajstić information content (AvgIpc) is 2.87. The molecule has 5 heteroatoms. The molecule has 4 nitrogen and oxygen atoms in total. The van der Waals surface area contributed by atoms with Crippen LogP contribution in [0.15, 0.2) is 39.7 Å². The number of aromatic nitrogens is 3. The second kappa shape index (κ2) is 3.45. The van der Waals surface area contributed by atoms with Crippen molar-refractivity contribution in [2.75, 3.05) is 0 Å². The van der Waals surface area contributed by atoms with E-state index in [1.54, 1.807) is 12.5 Å². The van der Waals surface area contributed by atoms with Gasteiger partial charge in [0.25, 0.3) is 0 Å². The molecule has 0 atom stereocenters. The van der Waals surface area contributed by atoms with Crippen LogP contribution in [0, 0.1) is 6.92 Å². The van der Waals surface area contributed by atoms with Gasteiger partial charge in [0.1, 0.15) is 5.69 Å². The maximum absolute atomic E-state index is 5.34. The smallest absolute Gasteiger partial charge is 0.234 e. The van der Waals surface area contributed by atoms with Gasteiger partial charge in [-0.15, -0.1) is 0 Å². The van der Waals surface area contributed by atoms with Gasteiger partial charge in [-0.05, 0) is 35.0 Å². The fraction of sp³-hybridized carbons (Fsp3) is 0.0909. The Labute approximate surface area is 100 Å². The number of fused-ring (bicyclic) bond motifs is 1. The summed E-state index contributed by atoms with van der Waals surface area (Å²) in [7, 11) is 0. The molecule has 80 valence electrons. The van der Waals surface area contributed by atoms with Gasteiger partial charge in [0.05, 0.1) is 16.4 Å². The maximum atomic E-state index is 5.34. The number of rotatable bonds is 1. The van der Waals surface area contributed by atoms with E-state index in [2.05, 4.69) is 25.9 Å². The molecule has 16 heavy (non-hydrogen) atoms. The molecule has 0 aliphatic carbocycles. The summed E-state index contributed by atoms with van der Waals surface area (Å²) in [5, 5.41) is 0. The van der Waals surface area contributed by atoms with Crippen LogP contribution in [0.25, 0.3) is 17.2 Å². The highest BCUT2D eigenvalue weighted by Crippen LogP contribution is 2.24. The van der Waals surface area contributed by atoms with Crippen LogP contribution in [-0.4, -0.2) is 14.4 Å². The van der Waals surface area contributed by atoms with Gasteiger partial charge in [-0.1, -0.05) is 0 Å². The normalized spacial score (nSPS) is 11.1. The minimum atomic E-state index is 0.673. The van der Waals surface area contributed by atoms with Crippen LogP contribution in [0.5, 0.6) is 0 Å². The van der Waals surface area contributed by atoms with Gasteiger partial charge in [0.2, 0.25) is 5.78 Å². The first kappa shape index (κ1) is 9.59. The van der Waals surface area contributed by atoms with E-state index >= 15 is 0 Å². The fourth-order valence-electron chi connectivity index (χ4n) is 1.67. The largest absolute Gasteiger partial charge is 0.463 e. The van der Waals surface area contributed by atoms with Gasteiger partial charge >= 0.3 is 0 Å². The van der Waals surface area contributed by atoms with Crippen LogP contribution in [-0.2, 0) is 0 Å². The molecule has 0 saturated heterocycles. The highest BCUT2D eigenvalue weighted by Gasteiger charge is 2.13. The number of aryl methyl sites for hydroxylation is 1. The Morgan fingerprint density at radius 1 is 1.44 bits per heavy atom. The van der Waals surface area contributed by atoms with Crippen LogP contribution < -0.4 is 0 Å². The Kier molecular flexibility index (Phi) is 2.07. The lowest BCUT2D eigenvalue weighted by Gasteiger charge is -1.96. The van der Waals surface area contributed by atoms with E-state index < -0.39 is 0 Å². The molecule has 0 saturated carbocycles. The lowest BCUT2D eigenvalue weighted by Crippen LogP contribution is -1.89. The van der Waals surface area contributed by atoms with E-state index in [9.17, 15) is 0 Å². The quantitative estimate of drug-likeness (QED) is 0.687. The predicted molar refractivity (Wildman–Crippen MR) is 63.1 cm³/mol. The average molecular weight is 278 g/mol. The highest BCUT2D eigenvalue weighted by atomic mass is 79.9. The Morgan fingerprint density at radius 2 is 2.31 bits per heavy atom. The zero-order valence-corrected chi connectivity index (χ0v) is 10.1. The van der Waals surface area contributed by atoms with Crippen molar-refractivity contribution in [2.45, 2.75) is 6.92 Å². The molecule has 3 heterocycles. The summed E-state index contributed by atoms with van der Waals surface area (Å²) in [4.78, 5) is 8.67. The van der Waals surface area contributed by atoms with Gasteiger partial charge in [-0.2, -0.15) is 0 Å². The summed E-state index contributed by atoms with van der Waals surface area (Å²) >= 11 is 3.39. The second-order valence-electron chi connectivity index (χ2n) is 3.47. The predicted octanol–water partition coefficient (Wildman–Crippen LogP) is 3.06. The molecular formula is C11H8BrN3O. The van der Waals surface area contributed by atoms with Crippen LogP contribution in [0.3, 0.4) is 0 Å². The van der Waals surface area contributed by atoms with Crippen molar-refractivity contribution in [1.82, 2.24) is 14.4 Å². The van der Waals surface area contributed by atoms with Gasteiger partial charge in [-0.25, -0.2) is 9.97 Å². The summed E-state index contributed by atoms with van der Waals surface area (Å²) in [5.74, 6) is 1.44. The zero-order valence-electron chi connectivity index (χ0n) is 8.51. The number of halogens is 1. The van der Waals surface area contributed by atoms with Crippen molar-refractivity contribution in [3.63, 3.8) is 0 Å². The Bertz CT molecular complexity index is 643. The molecule has 0 amide bonds. The first-order chi connectivity index (χ1) is 7.75. The molecule has 0 aromatic carbocycles. The minimum Gasteiger partial charge on any atom is -0.463 e. The third kappa shape index (κ3) is 1.36. The van der Waals surface area contributed by atoms with Gasteiger partial charge in [-0.3, -0.25) is 4.40 Å². The standard InChI is InChI=1S/C11H8BrN3O/c1-7-10(9-3-2-4-16-9)14-11-13-5-8(12)6-15(7)11/h2-6H,1H3. The second-order valence-corrected chi connectivity index (χ2v) is 4.38. The van der Waals surface area contributed by atoms with Crippen molar-refractivity contribution in [3.8, 4) is 11.5 Å². The topological polar surface area (TPSA) is 43.3 Å². The molecule has 0 fully saturated rings. The third-order valence-corrected chi connectivity index (χ3v) is 2.85. The summed E-state index contributed by atoms with van der Waals surface area (Å²) in [6, 6.07) is 3.74. The van der Waals surface area contributed by atoms with Crippen molar-refractivity contribution in [3.05, 3.63) is 41.0 Å². The summed E-state index contributed by atoms with van der Waals surface area (Å²) in [6.07, 6.45) is 5.31.